The van der Waals surface area contributed by atoms with Crippen molar-refractivity contribution in [2.75, 3.05) is 14.2 Å². The van der Waals surface area contributed by atoms with Gasteiger partial charge in [0.15, 0.2) is 5.78 Å². The molecule has 0 amide bonds. The van der Waals surface area contributed by atoms with Crippen LogP contribution in [0.25, 0.3) is 0 Å². The number of ketones is 1. The number of hydrogen-bond acceptors (Lipinski definition) is 6. The molecule has 2 N–H and O–H groups in total. The van der Waals surface area contributed by atoms with E-state index < -0.39 is 11.9 Å². The van der Waals surface area contributed by atoms with Gasteiger partial charge in [0.25, 0.3) is 0 Å². The molecule has 27 heavy (non-hydrogen) atoms. The lowest BCUT2D eigenvalue weighted by molar-refractivity contribution is -0.136. The highest BCUT2D eigenvalue weighted by Gasteiger charge is 2.45. The van der Waals surface area contributed by atoms with Crippen LogP contribution in [0.5, 0.6) is 5.75 Å². The minimum atomic E-state index is -0.711. The zero-order valence-electron chi connectivity index (χ0n) is 15.7. The van der Waals surface area contributed by atoms with Crippen LogP contribution in [0.1, 0.15) is 38.2 Å². The van der Waals surface area contributed by atoms with E-state index in [9.17, 15) is 9.59 Å². The number of halogens is 1. The first kappa shape index (κ1) is 19.5. The van der Waals surface area contributed by atoms with Crippen molar-refractivity contribution in [1.82, 2.24) is 0 Å². The number of benzene rings is 1. The number of ether oxygens (including phenoxy) is 3. The molecule has 0 radical (unpaired) electrons. The molecular weight excluding hydrogens is 414 g/mol. The summed E-state index contributed by atoms with van der Waals surface area (Å²) in [5, 5.41) is 0. The Bertz CT molecular complexity index is 884. The zero-order chi connectivity index (χ0) is 19.9. The fourth-order valence-corrected chi connectivity index (χ4v) is 4.11. The van der Waals surface area contributed by atoms with Crippen LogP contribution in [-0.2, 0) is 19.1 Å². The minimum Gasteiger partial charge on any atom is -0.496 e. The summed E-state index contributed by atoms with van der Waals surface area (Å²) in [5.74, 6) is -0.404. The van der Waals surface area contributed by atoms with E-state index in [0.717, 1.165) is 4.47 Å². The molecule has 1 atom stereocenters. The Morgan fingerprint density at radius 2 is 2.00 bits per heavy atom. The second-order valence-electron chi connectivity index (χ2n) is 7.47. The first-order chi connectivity index (χ1) is 12.7. The van der Waals surface area contributed by atoms with Crippen molar-refractivity contribution in [3.05, 3.63) is 51.0 Å². The number of rotatable bonds is 3. The van der Waals surface area contributed by atoms with E-state index in [2.05, 4.69) is 15.9 Å². The molecule has 3 rings (SSSR count). The van der Waals surface area contributed by atoms with Gasteiger partial charge in [0.2, 0.25) is 5.88 Å². The van der Waals surface area contributed by atoms with Gasteiger partial charge < -0.3 is 19.9 Å². The molecule has 0 fully saturated rings. The topological polar surface area (TPSA) is 87.9 Å². The predicted octanol–water partition coefficient (Wildman–Crippen LogP) is 3.56. The van der Waals surface area contributed by atoms with Crippen molar-refractivity contribution in [3.8, 4) is 5.75 Å². The van der Waals surface area contributed by atoms with E-state index >= 15 is 0 Å². The highest BCUT2D eigenvalue weighted by atomic mass is 79.9. The van der Waals surface area contributed by atoms with Gasteiger partial charge in [-0.05, 0) is 23.6 Å². The van der Waals surface area contributed by atoms with Crippen LogP contribution in [0.3, 0.4) is 0 Å². The van der Waals surface area contributed by atoms with Gasteiger partial charge in [-0.3, -0.25) is 4.79 Å². The molecular formula is C20H22BrNO5. The molecule has 0 unspecified atom stereocenters. The number of hydrogen-bond donors (Lipinski definition) is 1. The fraction of sp³-hybridized carbons (Fsp3) is 0.400. The normalized spacial score (nSPS) is 21.5. The van der Waals surface area contributed by atoms with E-state index in [1.54, 1.807) is 6.07 Å². The van der Waals surface area contributed by atoms with Gasteiger partial charge in [0, 0.05) is 28.5 Å². The number of carbonyl (C=O) groups excluding carboxylic acids is 2. The standard InChI is InChI=1S/C20H22BrNO5/c1-20(2)8-12(23)16-14(9-20)27-18(22)17(19(24)26-4)15(16)11-7-10(21)5-6-13(11)25-3/h5-7,15H,8-9,22H2,1-4H3/t15-/m1/s1. The lowest BCUT2D eigenvalue weighted by atomic mass is 9.70. The van der Waals surface area contributed by atoms with E-state index in [0.29, 0.717) is 35.5 Å². The maximum Gasteiger partial charge on any atom is 0.340 e. The van der Waals surface area contributed by atoms with Gasteiger partial charge in [0.05, 0.1) is 20.1 Å². The maximum absolute atomic E-state index is 13.1. The summed E-state index contributed by atoms with van der Waals surface area (Å²) in [6, 6.07) is 5.42. The lowest BCUT2D eigenvalue weighted by Gasteiger charge is -2.38. The van der Waals surface area contributed by atoms with Crippen molar-refractivity contribution in [2.24, 2.45) is 11.1 Å². The van der Waals surface area contributed by atoms with Gasteiger partial charge in [-0.25, -0.2) is 4.79 Å². The van der Waals surface area contributed by atoms with Gasteiger partial charge in [-0.2, -0.15) is 0 Å². The summed E-state index contributed by atoms with van der Waals surface area (Å²) in [6.45, 7) is 4.00. The highest BCUT2D eigenvalue weighted by molar-refractivity contribution is 9.10. The average molecular weight is 436 g/mol. The quantitative estimate of drug-likeness (QED) is 0.730. The summed E-state index contributed by atoms with van der Waals surface area (Å²) in [4.78, 5) is 25.6. The Hall–Kier alpha value is -2.28. The van der Waals surface area contributed by atoms with Crippen molar-refractivity contribution in [1.29, 1.82) is 0 Å². The molecule has 0 saturated carbocycles. The summed E-state index contributed by atoms with van der Waals surface area (Å²) < 4.78 is 17.0. The van der Waals surface area contributed by atoms with Gasteiger partial charge >= 0.3 is 5.97 Å². The third-order valence-electron chi connectivity index (χ3n) is 4.86. The largest absolute Gasteiger partial charge is 0.496 e. The third-order valence-corrected chi connectivity index (χ3v) is 5.36. The summed E-state index contributed by atoms with van der Waals surface area (Å²) in [6.07, 6.45) is 0.909. The van der Waals surface area contributed by atoms with Crippen LogP contribution < -0.4 is 10.5 Å². The van der Waals surface area contributed by atoms with E-state index in [1.165, 1.54) is 14.2 Å². The smallest absolute Gasteiger partial charge is 0.340 e. The molecule has 1 aliphatic carbocycles. The molecule has 1 aromatic rings. The fourth-order valence-electron chi connectivity index (χ4n) is 3.74. The molecule has 7 heteroatoms. The monoisotopic (exact) mass is 435 g/mol. The SMILES string of the molecule is COC(=O)C1=C(N)OC2=C(C(=O)CC(C)(C)C2)[C@H]1c1cc(Br)ccc1OC. The van der Waals surface area contributed by atoms with Crippen LogP contribution in [0, 0.1) is 5.41 Å². The van der Waals surface area contributed by atoms with Crippen LogP contribution in [-0.4, -0.2) is 26.0 Å². The van der Waals surface area contributed by atoms with Gasteiger partial charge in [0.1, 0.15) is 17.1 Å². The number of Topliss-reactive ketones (excluding diaryl/α,β-unsaturated/α-hetero) is 1. The van der Waals surface area contributed by atoms with Gasteiger partial charge in [-0.1, -0.05) is 29.8 Å². The van der Waals surface area contributed by atoms with Crippen molar-refractivity contribution >= 4 is 27.7 Å². The number of allylic oxidation sites excluding steroid dienone is 2. The number of methoxy groups -OCH3 is 2. The molecule has 2 aliphatic rings. The molecule has 144 valence electrons. The Labute approximate surface area is 166 Å². The number of nitrogens with two attached hydrogens (primary N) is 1. The number of esters is 1. The van der Waals surface area contributed by atoms with Crippen molar-refractivity contribution in [2.45, 2.75) is 32.6 Å². The summed E-state index contributed by atoms with van der Waals surface area (Å²) in [7, 11) is 2.81. The molecule has 0 saturated heterocycles. The maximum atomic E-state index is 13.1. The molecule has 6 nitrogen and oxygen atoms in total. The molecule has 0 spiro atoms. The summed E-state index contributed by atoms with van der Waals surface area (Å²) >= 11 is 3.45. The molecule has 1 heterocycles. The van der Waals surface area contributed by atoms with E-state index in [1.807, 2.05) is 26.0 Å². The van der Waals surface area contributed by atoms with E-state index in [-0.39, 0.29) is 22.7 Å². The Balaban J connectivity index is 2.28. The van der Waals surface area contributed by atoms with E-state index in [4.69, 9.17) is 19.9 Å². The first-order valence-corrected chi connectivity index (χ1v) is 9.33. The number of carbonyl (C=O) groups is 2. The second-order valence-corrected chi connectivity index (χ2v) is 8.38. The highest BCUT2D eigenvalue weighted by Crippen LogP contribution is 2.50. The average Bonchev–Trinajstić information content (AvgIpc) is 2.58. The minimum absolute atomic E-state index is 0.0434. The molecule has 0 aromatic heterocycles. The zero-order valence-corrected chi connectivity index (χ0v) is 17.3. The Kier molecular flexibility index (Phi) is 5.08. The van der Waals surface area contributed by atoms with Gasteiger partial charge in [-0.15, -0.1) is 0 Å². The Morgan fingerprint density at radius 1 is 1.30 bits per heavy atom. The molecule has 0 bridgehead atoms. The van der Waals surface area contributed by atoms with Crippen LogP contribution in [0.2, 0.25) is 0 Å². The van der Waals surface area contributed by atoms with Crippen molar-refractivity contribution < 1.29 is 23.8 Å². The van der Waals surface area contributed by atoms with Crippen LogP contribution >= 0.6 is 15.9 Å². The molecule has 1 aromatic carbocycles. The third kappa shape index (κ3) is 3.48. The summed E-state index contributed by atoms with van der Waals surface area (Å²) in [5.41, 5.74) is 7.08. The van der Waals surface area contributed by atoms with Crippen LogP contribution in [0.4, 0.5) is 0 Å². The Morgan fingerprint density at radius 3 is 2.63 bits per heavy atom. The second kappa shape index (κ2) is 7.03. The van der Waals surface area contributed by atoms with Crippen LogP contribution in [0.15, 0.2) is 45.5 Å². The molecule has 1 aliphatic heterocycles. The first-order valence-electron chi connectivity index (χ1n) is 8.54. The lowest BCUT2D eigenvalue weighted by Crippen LogP contribution is -2.35. The predicted molar refractivity (Wildman–Crippen MR) is 103 cm³/mol. The van der Waals surface area contributed by atoms with Crippen molar-refractivity contribution in [3.63, 3.8) is 0 Å².